The normalized spacial score (nSPS) is 12.3. The van der Waals surface area contributed by atoms with Crippen LogP contribution in [0.5, 0.6) is 17.2 Å². The quantitative estimate of drug-likeness (QED) is 0.117. The fourth-order valence-electron chi connectivity index (χ4n) is 3.56. The third-order valence-corrected chi connectivity index (χ3v) is 5.45. The van der Waals surface area contributed by atoms with Gasteiger partial charge < -0.3 is 23.9 Å². The number of rotatable bonds is 8. The number of carbonyl (C=O) groups is 3. The summed E-state index contributed by atoms with van der Waals surface area (Å²) in [7, 11) is 0. The number of para-hydroxylation sites is 1. The van der Waals surface area contributed by atoms with Gasteiger partial charge in [-0.05, 0) is 60.2 Å². The van der Waals surface area contributed by atoms with Crippen molar-refractivity contribution in [2.45, 2.75) is 0 Å². The summed E-state index contributed by atoms with van der Waals surface area (Å²) in [5, 5.41) is 6.63. The molecule has 2 N–H and O–H groups in total. The molecule has 0 atom stereocenters. The standard InChI is InChI=1S/C29H21N3O7/c33-27(20-7-2-1-3-8-20)31-22(15-19-12-13-24-26(16-19)38-18-37-24)28(34)32-30-17-21-9-4-5-10-23(21)39-29(35)25-11-6-14-36-25/h1-17H,18H2,(H,31,33)(H,32,34)/b22-15+,30-17-. The molecule has 0 radical (unpaired) electrons. The molecule has 2 heterocycles. The van der Waals surface area contributed by atoms with E-state index in [1.807, 2.05) is 0 Å². The van der Waals surface area contributed by atoms with Crippen molar-refractivity contribution < 1.29 is 33.0 Å². The van der Waals surface area contributed by atoms with Crippen LogP contribution < -0.4 is 25.0 Å². The van der Waals surface area contributed by atoms with Crippen molar-refractivity contribution in [1.82, 2.24) is 10.7 Å². The summed E-state index contributed by atoms with van der Waals surface area (Å²) in [5.74, 6) is -0.468. The Morgan fingerprint density at radius 3 is 2.49 bits per heavy atom. The van der Waals surface area contributed by atoms with E-state index in [1.54, 1.807) is 78.9 Å². The molecule has 10 heteroatoms. The van der Waals surface area contributed by atoms with Gasteiger partial charge in [0.2, 0.25) is 12.6 Å². The molecule has 1 aliphatic rings. The van der Waals surface area contributed by atoms with Gasteiger partial charge in [-0.25, -0.2) is 10.2 Å². The van der Waals surface area contributed by atoms with Crippen molar-refractivity contribution in [2.75, 3.05) is 6.79 Å². The highest BCUT2D eigenvalue weighted by molar-refractivity contribution is 6.05. The van der Waals surface area contributed by atoms with Crippen molar-refractivity contribution in [3.63, 3.8) is 0 Å². The molecule has 0 aliphatic carbocycles. The van der Waals surface area contributed by atoms with Gasteiger partial charge in [-0.3, -0.25) is 9.59 Å². The number of benzene rings is 3. The Morgan fingerprint density at radius 2 is 1.67 bits per heavy atom. The number of amides is 2. The molecule has 5 rings (SSSR count). The lowest BCUT2D eigenvalue weighted by molar-refractivity contribution is -0.117. The van der Waals surface area contributed by atoms with Crippen LogP contribution in [0.1, 0.15) is 32.0 Å². The van der Waals surface area contributed by atoms with E-state index in [9.17, 15) is 14.4 Å². The topological polar surface area (TPSA) is 128 Å². The van der Waals surface area contributed by atoms with E-state index in [4.69, 9.17) is 18.6 Å². The largest absolute Gasteiger partial charge is 0.457 e. The number of furan rings is 1. The van der Waals surface area contributed by atoms with Crippen LogP contribution in [-0.2, 0) is 4.79 Å². The Bertz CT molecular complexity index is 1560. The van der Waals surface area contributed by atoms with Crippen molar-refractivity contribution in [2.24, 2.45) is 5.10 Å². The molecule has 3 aromatic carbocycles. The zero-order valence-corrected chi connectivity index (χ0v) is 20.3. The number of nitrogens with one attached hydrogen (secondary N) is 2. The summed E-state index contributed by atoms with van der Waals surface area (Å²) < 4.78 is 21.2. The highest BCUT2D eigenvalue weighted by Gasteiger charge is 2.17. The van der Waals surface area contributed by atoms with Crippen LogP contribution in [0.15, 0.2) is 106 Å². The lowest BCUT2D eigenvalue weighted by Crippen LogP contribution is -2.32. The lowest BCUT2D eigenvalue weighted by Gasteiger charge is -2.10. The van der Waals surface area contributed by atoms with Gasteiger partial charge in [0, 0.05) is 11.1 Å². The Balaban J connectivity index is 1.34. The van der Waals surface area contributed by atoms with Gasteiger partial charge in [0.15, 0.2) is 11.5 Å². The van der Waals surface area contributed by atoms with Crippen LogP contribution in [0.25, 0.3) is 6.08 Å². The van der Waals surface area contributed by atoms with Crippen molar-refractivity contribution in [1.29, 1.82) is 0 Å². The summed E-state index contributed by atoms with van der Waals surface area (Å²) in [5.41, 5.74) is 3.73. The maximum absolute atomic E-state index is 13.1. The number of carbonyl (C=O) groups excluding carboxylic acids is 3. The molecule has 0 bridgehead atoms. The fourth-order valence-corrected chi connectivity index (χ4v) is 3.56. The molecule has 1 aromatic heterocycles. The number of hydrogen-bond donors (Lipinski definition) is 2. The Hall–Kier alpha value is -5.64. The molecular weight excluding hydrogens is 502 g/mol. The first-order chi connectivity index (χ1) is 19.1. The van der Waals surface area contributed by atoms with Gasteiger partial charge in [0.25, 0.3) is 11.8 Å². The van der Waals surface area contributed by atoms with E-state index in [-0.39, 0.29) is 24.0 Å². The molecule has 0 saturated heterocycles. The van der Waals surface area contributed by atoms with Crippen LogP contribution in [0.4, 0.5) is 0 Å². The molecule has 0 unspecified atom stereocenters. The molecule has 4 aromatic rings. The number of esters is 1. The number of nitrogens with zero attached hydrogens (tertiary/aromatic N) is 1. The van der Waals surface area contributed by atoms with Gasteiger partial charge in [0.1, 0.15) is 11.4 Å². The maximum atomic E-state index is 13.1. The van der Waals surface area contributed by atoms with Crippen LogP contribution in [0.3, 0.4) is 0 Å². The average molecular weight is 524 g/mol. The minimum Gasteiger partial charge on any atom is -0.457 e. The van der Waals surface area contributed by atoms with E-state index >= 15 is 0 Å². The predicted octanol–water partition coefficient (Wildman–Crippen LogP) is 4.15. The first-order valence-electron chi connectivity index (χ1n) is 11.7. The van der Waals surface area contributed by atoms with Crippen LogP contribution in [0, 0.1) is 0 Å². The predicted molar refractivity (Wildman–Crippen MR) is 140 cm³/mol. The summed E-state index contributed by atoms with van der Waals surface area (Å²) >= 11 is 0. The molecule has 0 saturated carbocycles. The molecule has 194 valence electrons. The van der Waals surface area contributed by atoms with E-state index in [1.165, 1.54) is 24.6 Å². The van der Waals surface area contributed by atoms with Crippen molar-refractivity contribution >= 4 is 30.1 Å². The minimum atomic E-state index is -0.682. The summed E-state index contributed by atoms with van der Waals surface area (Å²) in [6, 6.07) is 23.3. The monoisotopic (exact) mass is 523 g/mol. The smallest absolute Gasteiger partial charge is 0.379 e. The van der Waals surface area contributed by atoms with Gasteiger partial charge in [-0.1, -0.05) is 36.4 Å². The molecule has 10 nitrogen and oxygen atoms in total. The van der Waals surface area contributed by atoms with Crippen molar-refractivity contribution in [3.05, 3.63) is 119 Å². The molecule has 1 aliphatic heterocycles. The second-order valence-corrected chi connectivity index (χ2v) is 8.09. The molecular formula is C29H21N3O7. The van der Waals surface area contributed by atoms with Gasteiger partial charge in [0.05, 0.1) is 12.5 Å². The van der Waals surface area contributed by atoms with E-state index in [0.717, 1.165) is 0 Å². The number of ether oxygens (including phenoxy) is 3. The second-order valence-electron chi connectivity index (χ2n) is 8.09. The van der Waals surface area contributed by atoms with Crippen molar-refractivity contribution in [3.8, 4) is 17.2 Å². The van der Waals surface area contributed by atoms with E-state index < -0.39 is 17.8 Å². The number of hydrogen-bond acceptors (Lipinski definition) is 8. The highest BCUT2D eigenvalue weighted by atomic mass is 16.7. The summed E-state index contributed by atoms with van der Waals surface area (Å²) in [6.45, 7) is 0.105. The lowest BCUT2D eigenvalue weighted by atomic mass is 10.1. The zero-order valence-electron chi connectivity index (χ0n) is 20.3. The summed E-state index contributed by atoms with van der Waals surface area (Å²) in [4.78, 5) is 38.2. The first kappa shape index (κ1) is 25.0. The SMILES string of the molecule is O=C(N/N=C\c1ccccc1OC(=O)c1ccco1)/C(=C\c1ccc2c(c1)OCO2)NC(=O)c1ccccc1. The van der Waals surface area contributed by atoms with E-state index in [0.29, 0.717) is 28.2 Å². The third kappa shape index (κ3) is 6.20. The maximum Gasteiger partial charge on any atom is 0.379 e. The van der Waals surface area contributed by atoms with Gasteiger partial charge in [-0.2, -0.15) is 5.10 Å². The molecule has 39 heavy (non-hydrogen) atoms. The number of hydrazone groups is 1. The molecule has 2 amide bonds. The van der Waals surface area contributed by atoms with E-state index in [2.05, 4.69) is 15.8 Å². The Kier molecular flexibility index (Phi) is 7.45. The zero-order chi connectivity index (χ0) is 27.0. The molecule has 0 fully saturated rings. The van der Waals surface area contributed by atoms with Crippen LogP contribution in [0.2, 0.25) is 0 Å². The fraction of sp³-hybridized carbons (Fsp3) is 0.0345. The highest BCUT2D eigenvalue weighted by Crippen LogP contribution is 2.33. The first-order valence-corrected chi connectivity index (χ1v) is 11.7. The van der Waals surface area contributed by atoms with Gasteiger partial charge in [-0.15, -0.1) is 0 Å². The van der Waals surface area contributed by atoms with Gasteiger partial charge >= 0.3 is 5.97 Å². The third-order valence-electron chi connectivity index (χ3n) is 5.45. The number of fused-ring (bicyclic) bond motifs is 1. The van der Waals surface area contributed by atoms with Crippen LogP contribution in [-0.4, -0.2) is 30.8 Å². The summed E-state index contributed by atoms with van der Waals surface area (Å²) in [6.07, 6.45) is 4.18. The Morgan fingerprint density at radius 1 is 0.872 bits per heavy atom. The average Bonchev–Trinajstić information content (AvgIpc) is 3.66. The minimum absolute atomic E-state index is 0.0440. The van der Waals surface area contributed by atoms with Crippen LogP contribution >= 0.6 is 0 Å². The second kappa shape index (κ2) is 11.6. The Labute approximate surface area is 222 Å². The molecule has 0 spiro atoms.